The third-order valence-electron chi connectivity index (χ3n) is 15.8. The van der Waals surface area contributed by atoms with Crippen molar-refractivity contribution in [2.75, 3.05) is 4.90 Å². The van der Waals surface area contributed by atoms with E-state index in [0.717, 1.165) is 17.1 Å². The smallest absolute Gasteiger partial charge is 0.0725 e. The Morgan fingerprint density at radius 1 is 0.258 bits per heavy atom. The second-order valence-electron chi connectivity index (χ2n) is 19.0. The van der Waals surface area contributed by atoms with Crippen LogP contribution in [0.2, 0.25) is 0 Å². The molecule has 0 radical (unpaired) electrons. The van der Waals surface area contributed by atoms with Gasteiger partial charge < -0.3 is 4.90 Å². The van der Waals surface area contributed by atoms with E-state index in [4.69, 9.17) is 0 Å². The zero-order valence-electron chi connectivity index (χ0n) is 37.0. The van der Waals surface area contributed by atoms with Gasteiger partial charge in [-0.2, -0.15) is 0 Å². The fourth-order valence-electron chi connectivity index (χ4n) is 13.3. The van der Waals surface area contributed by atoms with Crippen molar-refractivity contribution in [3.8, 4) is 44.5 Å². The number of rotatable bonds is 4. The first kappa shape index (κ1) is 37.4. The topological polar surface area (TPSA) is 3.24 Å². The Hall–Kier alpha value is -8.00. The number of hydrogen-bond acceptors (Lipinski definition) is 1. The molecule has 0 bridgehead atoms. The molecule has 0 unspecified atom stereocenters. The lowest BCUT2D eigenvalue weighted by atomic mass is 9.55. The zero-order valence-corrected chi connectivity index (χ0v) is 37.0. The van der Waals surface area contributed by atoms with Gasteiger partial charge >= 0.3 is 0 Å². The van der Waals surface area contributed by atoms with Crippen LogP contribution in [0.3, 0.4) is 0 Å². The van der Waals surface area contributed by atoms with Crippen LogP contribution in [0.5, 0.6) is 0 Å². The minimum absolute atomic E-state index is 0.156. The summed E-state index contributed by atoms with van der Waals surface area (Å²) in [6.07, 6.45) is 0. The van der Waals surface area contributed by atoms with E-state index in [2.05, 4.69) is 255 Å². The number of anilines is 3. The fraction of sp³-hybridized carbons (Fsp3) is 0.0769. The molecule has 2 spiro atoms. The molecule has 0 N–H and O–H groups in total. The Balaban J connectivity index is 1.01. The molecule has 4 aliphatic carbocycles. The van der Waals surface area contributed by atoms with Crippen LogP contribution in [0, 0.1) is 0 Å². The van der Waals surface area contributed by atoms with E-state index < -0.39 is 10.8 Å². The molecule has 1 heteroatoms. The van der Waals surface area contributed by atoms with Gasteiger partial charge in [0.2, 0.25) is 0 Å². The highest BCUT2D eigenvalue weighted by molar-refractivity contribution is 6.02. The van der Waals surface area contributed by atoms with E-state index in [-0.39, 0.29) is 5.41 Å². The van der Waals surface area contributed by atoms with E-state index in [9.17, 15) is 0 Å². The molecule has 0 heterocycles. The maximum absolute atomic E-state index is 2.49. The first-order chi connectivity index (χ1) is 32.5. The van der Waals surface area contributed by atoms with Crippen LogP contribution < -0.4 is 4.90 Å². The van der Waals surface area contributed by atoms with Crippen molar-refractivity contribution in [1.29, 1.82) is 0 Å². The van der Waals surface area contributed by atoms with Crippen LogP contribution >= 0.6 is 0 Å². The summed E-state index contributed by atoms with van der Waals surface area (Å²) in [6.45, 7) is 4.79. The zero-order chi connectivity index (χ0) is 43.8. The summed E-state index contributed by atoms with van der Waals surface area (Å²) in [5.74, 6) is 0. The van der Waals surface area contributed by atoms with Crippen molar-refractivity contribution >= 4 is 17.1 Å². The van der Waals surface area contributed by atoms with E-state index in [1.54, 1.807) is 0 Å². The number of fused-ring (bicyclic) bond motifs is 19. The van der Waals surface area contributed by atoms with Gasteiger partial charge in [-0.3, -0.25) is 0 Å². The molecule has 14 rings (SSSR count). The second kappa shape index (κ2) is 13.5. The van der Waals surface area contributed by atoms with Gasteiger partial charge in [-0.1, -0.05) is 220 Å². The van der Waals surface area contributed by atoms with E-state index in [1.807, 2.05) is 0 Å². The maximum atomic E-state index is 2.49. The first-order valence-corrected chi connectivity index (χ1v) is 23.4. The number of benzene rings is 10. The SMILES string of the molecule is CC1(C)c2ccccc2C2(c3ccccc3-c3c(-c4ccccc4N(c4ccccc4)c4ccc5c(c4)-c4ccccc4C54c5ccccc5-c5ccccc54)cccc32)c2ccccc21. The summed E-state index contributed by atoms with van der Waals surface area (Å²) in [4.78, 5) is 2.49. The van der Waals surface area contributed by atoms with Crippen LogP contribution in [0.1, 0.15) is 69.5 Å². The molecule has 0 atom stereocenters. The molecule has 0 amide bonds. The molecular weight excluding hydrogens is 795 g/mol. The average molecular weight is 840 g/mol. The lowest BCUT2D eigenvalue weighted by Gasteiger charge is -2.46. The summed E-state index contributed by atoms with van der Waals surface area (Å²) < 4.78 is 0. The molecule has 1 nitrogen and oxygen atoms in total. The molecule has 0 saturated heterocycles. The molecule has 310 valence electrons. The average Bonchev–Trinajstić information content (AvgIpc) is 3.97. The number of hydrogen-bond donors (Lipinski definition) is 0. The minimum Gasteiger partial charge on any atom is -0.310 e. The minimum atomic E-state index is -0.473. The van der Waals surface area contributed by atoms with Gasteiger partial charge in [0.05, 0.1) is 16.5 Å². The van der Waals surface area contributed by atoms with Gasteiger partial charge in [0.15, 0.2) is 0 Å². The van der Waals surface area contributed by atoms with Crippen molar-refractivity contribution in [1.82, 2.24) is 0 Å². The molecule has 66 heavy (non-hydrogen) atoms. The first-order valence-electron chi connectivity index (χ1n) is 23.4. The molecule has 10 aromatic carbocycles. The van der Waals surface area contributed by atoms with E-state index in [1.165, 1.54) is 100 Å². The second-order valence-corrected chi connectivity index (χ2v) is 19.0. The van der Waals surface area contributed by atoms with E-state index >= 15 is 0 Å². The van der Waals surface area contributed by atoms with Crippen molar-refractivity contribution in [3.05, 3.63) is 292 Å². The lowest BCUT2D eigenvalue weighted by Crippen LogP contribution is -2.40. The standard InChI is InChI=1S/C65H45N/c1-63(2)56-33-15-17-35-58(56)65(59-36-18-16-34-57(59)63)54-32-14-9-27-49(54)62-48(28-20-37-60(62)65)47-26-10-19-38-61(47)66(42-21-4-3-5-22-42)43-39-40-55-50(41-43)46-25-8-13-31-53(46)64(55)51-29-11-6-23-44(51)45-24-7-12-30-52(45)64/h3-41H,1-2H3. The molecule has 4 aliphatic rings. The van der Waals surface area contributed by atoms with Crippen LogP contribution in [0.4, 0.5) is 17.1 Å². The van der Waals surface area contributed by atoms with Crippen molar-refractivity contribution < 1.29 is 0 Å². The summed E-state index contributed by atoms with van der Waals surface area (Å²) in [5, 5.41) is 0. The Bertz CT molecular complexity index is 3550. The highest BCUT2D eigenvalue weighted by atomic mass is 15.1. The molecule has 10 aromatic rings. The summed E-state index contributed by atoms with van der Waals surface area (Å²) in [7, 11) is 0. The molecule has 0 fully saturated rings. The third-order valence-corrected chi connectivity index (χ3v) is 15.8. The Morgan fingerprint density at radius 3 is 1.24 bits per heavy atom. The Morgan fingerprint density at radius 2 is 0.652 bits per heavy atom. The summed E-state index contributed by atoms with van der Waals surface area (Å²) >= 11 is 0. The van der Waals surface area contributed by atoms with Crippen molar-refractivity contribution in [2.45, 2.75) is 30.1 Å². The lowest BCUT2D eigenvalue weighted by molar-refractivity contribution is 0.563. The molecule has 0 aliphatic heterocycles. The van der Waals surface area contributed by atoms with Gasteiger partial charge in [0.25, 0.3) is 0 Å². The number of nitrogens with zero attached hydrogens (tertiary/aromatic N) is 1. The van der Waals surface area contributed by atoms with Gasteiger partial charge in [-0.05, 0) is 125 Å². The van der Waals surface area contributed by atoms with Gasteiger partial charge in [0, 0.05) is 22.4 Å². The highest BCUT2D eigenvalue weighted by Gasteiger charge is 2.54. The van der Waals surface area contributed by atoms with Crippen LogP contribution in [-0.4, -0.2) is 0 Å². The van der Waals surface area contributed by atoms with Crippen molar-refractivity contribution in [3.63, 3.8) is 0 Å². The Labute approximate surface area is 387 Å². The van der Waals surface area contributed by atoms with Crippen LogP contribution in [0.25, 0.3) is 44.5 Å². The molecule has 0 saturated carbocycles. The largest absolute Gasteiger partial charge is 0.310 e. The Kier molecular flexibility index (Phi) is 7.66. The maximum Gasteiger partial charge on any atom is 0.0725 e. The summed E-state index contributed by atoms with van der Waals surface area (Å²) in [5.41, 5.74) is 26.2. The predicted molar refractivity (Wildman–Crippen MR) is 272 cm³/mol. The third kappa shape index (κ3) is 4.60. The highest BCUT2D eigenvalue weighted by Crippen LogP contribution is 2.65. The van der Waals surface area contributed by atoms with Crippen molar-refractivity contribution in [2.24, 2.45) is 0 Å². The predicted octanol–water partition coefficient (Wildman–Crippen LogP) is 16.2. The van der Waals surface area contributed by atoms with E-state index in [0.29, 0.717) is 0 Å². The monoisotopic (exact) mass is 839 g/mol. The van der Waals surface area contributed by atoms with Crippen LogP contribution in [0.15, 0.2) is 237 Å². The summed E-state index contributed by atoms with van der Waals surface area (Å²) in [6, 6.07) is 89.2. The normalized spacial score (nSPS) is 15.2. The van der Waals surface area contributed by atoms with Crippen LogP contribution in [-0.2, 0) is 16.2 Å². The molecular formula is C65H45N. The molecule has 0 aromatic heterocycles. The van der Waals surface area contributed by atoms with Gasteiger partial charge in [-0.25, -0.2) is 0 Å². The number of para-hydroxylation sites is 2. The fourth-order valence-corrected chi connectivity index (χ4v) is 13.3. The quantitative estimate of drug-likeness (QED) is 0.171. The van der Waals surface area contributed by atoms with Gasteiger partial charge in [0.1, 0.15) is 0 Å². The van der Waals surface area contributed by atoms with Gasteiger partial charge in [-0.15, -0.1) is 0 Å².